The van der Waals surface area contributed by atoms with Gasteiger partial charge in [-0.15, -0.1) is 11.3 Å². The summed E-state index contributed by atoms with van der Waals surface area (Å²) in [6.07, 6.45) is 0. The molecule has 5 heteroatoms. The molecular formula is C9H4ClFO2S. The molecule has 0 saturated carbocycles. The molecule has 0 fully saturated rings. The van der Waals surface area contributed by atoms with E-state index in [2.05, 4.69) is 0 Å². The number of carboxylic acids is 1. The van der Waals surface area contributed by atoms with Crippen LogP contribution in [0.15, 0.2) is 17.5 Å². The number of carboxylic acid groups (broad SMARTS) is 1. The summed E-state index contributed by atoms with van der Waals surface area (Å²) in [7, 11) is 0. The summed E-state index contributed by atoms with van der Waals surface area (Å²) in [5, 5.41) is 11.1. The first-order valence-corrected chi connectivity index (χ1v) is 4.95. The van der Waals surface area contributed by atoms with Crippen molar-refractivity contribution in [3.63, 3.8) is 0 Å². The largest absolute Gasteiger partial charge is 0.478 e. The highest BCUT2D eigenvalue weighted by atomic mass is 35.5. The molecule has 1 heterocycles. The molecule has 0 aliphatic rings. The fourth-order valence-corrected chi connectivity index (χ4v) is 2.43. The fraction of sp³-hybridized carbons (Fsp3) is 0. The van der Waals surface area contributed by atoms with Crippen molar-refractivity contribution in [2.45, 2.75) is 0 Å². The first kappa shape index (κ1) is 9.43. The Morgan fingerprint density at radius 3 is 2.93 bits per heavy atom. The van der Waals surface area contributed by atoms with Crippen LogP contribution in [0.1, 0.15) is 10.4 Å². The van der Waals surface area contributed by atoms with Crippen LogP contribution >= 0.6 is 22.9 Å². The Bertz CT molecular complexity index is 521. The number of fused-ring (bicyclic) bond motifs is 1. The zero-order chi connectivity index (χ0) is 10.3. The molecule has 0 aliphatic heterocycles. The maximum Gasteiger partial charge on any atom is 0.339 e. The minimum Gasteiger partial charge on any atom is -0.478 e. The van der Waals surface area contributed by atoms with E-state index < -0.39 is 11.8 Å². The highest BCUT2D eigenvalue weighted by molar-refractivity contribution is 7.18. The average Bonchev–Trinajstić information content (AvgIpc) is 2.51. The van der Waals surface area contributed by atoms with Gasteiger partial charge in [0.15, 0.2) is 0 Å². The van der Waals surface area contributed by atoms with E-state index in [4.69, 9.17) is 16.7 Å². The molecule has 0 aliphatic carbocycles. The number of benzene rings is 1. The maximum absolute atomic E-state index is 13.2. The SMILES string of the molecule is O=C(O)c1c(F)cc(Cl)c2sccc12. The standard InChI is InChI=1S/C9H4ClFO2S/c10-5-3-6(11)7(9(12)13)4-1-2-14-8(4)5/h1-3H,(H,12,13). The van der Waals surface area contributed by atoms with Crippen molar-refractivity contribution < 1.29 is 14.3 Å². The second kappa shape index (κ2) is 3.22. The van der Waals surface area contributed by atoms with Crippen molar-refractivity contribution in [2.75, 3.05) is 0 Å². The zero-order valence-electron chi connectivity index (χ0n) is 6.75. The molecule has 0 bridgehead atoms. The van der Waals surface area contributed by atoms with Crippen LogP contribution in [-0.4, -0.2) is 11.1 Å². The number of rotatable bonds is 1. The lowest BCUT2D eigenvalue weighted by molar-refractivity contribution is 0.0694. The summed E-state index contributed by atoms with van der Waals surface area (Å²) in [5.74, 6) is -2.07. The summed E-state index contributed by atoms with van der Waals surface area (Å²) in [4.78, 5) is 10.8. The third kappa shape index (κ3) is 1.27. The van der Waals surface area contributed by atoms with Crippen molar-refractivity contribution in [3.05, 3.63) is 33.9 Å². The molecule has 0 saturated heterocycles. The molecule has 0 atom stereocenters. The van der Waals surface area contributed by atoms with E-state index in [1.54, 1.807) is 11.4 Å². The highest BCUT2D eigenvalue weighted by Gasteiger charge is 2.17. The smallest absolute Gasteiger partial charge is 0.339 e. The van der Waals surface area contributed by atoms with Gasteiger partial charge >= 0.3 is 5.97 Å². The van der Waals surface area contributed by atoms with Gasteiger partial charge in [0.2, 0.25) is 0 Å². The minimum atomic E-state index is -1.28. The predicted octanol–water partition coefficient (Wildman–Crippen LogP) is 3.39. The minimum absolute atomic E-state index is 0.248. The molecule has 2 aromatic rings. The molecule has 1 aromatic carbocycles. The van der Waals surface area contributed by atoms with E-state index >= 15 is 0 Å². The van der Waals surface area contributed by atoms with Gasteiger partial charge in [-0.1, -0.05) is 11.6 Å². The summed E-state index contributed by atoms with van der Waals surface area (Å²) in [6.45, 7) is 0. The van der Waals surface area contributed by atoms with Crippen LogP contribution in [-0.2, 0) is 0 Å². The van der Waals surface area contributed by atoms with Crippen molar-refractivity contribution >= 4 is 39.0 Å². The molecule has 1 N–H and O–H groups in total. The summed E-state index contributed by atoms with van der Waals surface area (Å²) in [5.41, 5.74) is -0.314. The monoisotopic (exact) mass is 230 g/mol. The van der Waals surface area contributed by atoms with Crippen molar-refractivity contribution in [3.8, 4) is 0 Å². The van der Waals surface area contributed by atoms with E-state index in [1.807, 2.05) is 0 Å². The van der Waals surface area contributed by atoms with Gasteiger partial charge in [0.25, 0.3) is 0 Å². The number of carbonyl (C=O) groups is 1. The summed E-state index contributed by atoms with van der Waals surface area (Å²) in [6, 6.07) is 2.59. The molecule has 0 spiro atoms. The Hall–Kier alpha value is -1.13. The third-order valence-electron chi connectivity index (χ3n) is 1.86. The van der Waals surface area contributed by atoms with Gasteiger partial charge in [0, 0.05) is 5.39 Å². The van der Waals surface area contributed by atoms with Gasteiger partial charge in [0.1, 0.15) is 11.4 Å². The number of hydrogen-bond acceptors (Lipinski definition) is 2. The topological polar surface area (TPSA) is 37.3 Å². The van der Waals surface area contributed by atoms with Gasteiger partial charge in [-0.25, -0.2) is 9.18 Å². The molecule has 0 unspecified atom stereocenters. The molecule has 0 amide bonds. The maximum atomic E-state index is 13.2. The second-order valence-electron chi connectivity index (χ2n) is 2.68. The first-order chi connectivity index (χ1) is 6.61. The molecule has 1 aromatic heterocycles. The van der Waals surface area contributed by atoms with Gasteiger partial charge in [-0.2, -0.15) is 0 Å². The zero-order valence-corrected chi connectivity index (χ0v) is 8.32. The molecular weight excluding hydrogens is 227 g/mol. The van der Waals surface area contributed by atoms with Crippen molar-refractivity contribution in [1.29, 1.82) is 0 Å². The number of aromatic carboxylic acids is 1. The van der Waals surface area contributed by atoms with Crippen LogP contribution < -0.4 is 0 Å². The van der Waals surface area contributed by atoms with Gasteiger partial charge in [0.05, 0.1) is 9.72 Å². The van der Waals surface area contributed by atoms with E-state index in [-0.39, 0.29) is 10.6 Å². The van der Waals surface area contributed by atoms with Crippen LogP contribution in [0.25, 0.3) is 10.1 Å². The third-order valence-corrected chi connectivity index (χ3v) is 3.22. The normalized spacial score (nSPS) is 10.7. The van der Waals surface area contributed by atoms with Gasteiger partial charge in [-0.05, 0) is 17.5 Å². The van der Waals surface area contributed by atoms with Crippen LogP contribution in [0, 0.1) is 5.82 Å². The molecule has 14 heavy (non-hydrogen) atoms. The summed E-state index contributed by atoms with van der Waals surface area (Å²) >= 11 is 7.05. The molecule has 2 rings (SSSR count). The Morgan fingerprint density at radius 1 is 1.57 bits per heavy atom. The summed E-state index contributed by atoms with van der Waals surface area (Å²) < 4.78 is 13.9. The predicted molar refractivity (Wildman–Crippen MR) is 53.8 cm³/mol. The molecule has 72 valence electrons. The fourth-order valence-electron chi connectivity index (χ4n) is 1.29. The van der Waals surface area contributed by atoms with Gasteiger partial charge < -0.3 is 5.11 Å². The highest BCUT2D eigenvalue weighted by Crippen LogP contribution is 2.33. The Balaban J connectivity index is 2.93. The second-order valence-corrected chi connectivity index (χ2v) is 4.01. The lowest BCUT2D eigenvalue weighted by Crippen LogP contribution is -2.00. The number of halogens is 2. The Labute approximate surface area is 87.5 Å². The molecule has 2 nitrogen and oxygen atoms in total. The number of thiophene rings is 1. The first-order valence-electron chi connectivity index (χ1n) is 3.69. The van der Waals surface area contributed by atoms with Crippen LogP contribution in [0.4, 0.5) is 4.39 Å². The van der Waals surface area contributed by atoms with Crippen molar-refractivity contribution in [1.82, 2.24) is 0 Å². The van der Waals surface area contributed by atoms with E-state index in [1.165, 1.54) is 11.3 Å². The Morgan fingerprint density at radius 2 is 2.29 bits per heavy atom. The lowest BCUT2D eigenvalue weighted by Gasteiger charge is -2.00. The van der Waals surface area contributed by atoms with E-state index in [0.717, 1.165) is 6.07 Å². The average molecular weight is 231 g/mol. The Kier molecular flexibility index (Phi) is 2.17. The van der Waals surface area contributed by atoms with Crippen LogP contribution in [0.5, 0.6) is 0 Å². The molecule has 0 radical (unpaired) electrons. The van der Waals surface area contributed by atoms with E-state index in [9.17, 15) is 9.18 Å². The van der Waals surface area contributed by atoms with Gasteiger partial charge in [-0.3, -0.25) is 0 Å². The van der Waals surface area contributed by atoms with E-state index in [0.29, 0.717) is 10.1 Å². The number of hydrogen-bond donors (Lipinski definition) is 1. The van der Waals surface area contributed by atoms with Crippen molar-refractivity contribution in [2.24, 2.45) is 0 Å². The quantitative estimate of drug-likeness (QED) is 0.815. The van der Waals surface area contributed by atoms with Crippen LogP contribution in [0.3, 0.4) is 0 Å². The lowest BCUT2D eigenvalue weighted by atomic mass is 10.1. The van der Waals surface area contributed by atoms with Crippen LogP contribution in [0.2, 0.25) is 5.02 Å².